The summed E-state index contributed by atoms with van der Waals surface area (Å²) in [5, 5.41) is 12.4. The molecule has 1 aromatic carbocycles. The smallest absolute Gasteiger partial charge is 0.193 e. The third-order valence-corrected chi connectivity index (χ3v) is 4.36. The number of fused-ring (bicyclic) bond motifs is 1. The van der Waals surface area contributed by atoms with Crippen LogP contribution in [0.1, 0.15) is 17.4 Å². The van der Waals surface area contributed by atoms with Gasteiger partial charge in [-0.2, -0.15) is 0 Å². The lowest BCUT2D eigenvalue weighted by Crippen LogP contribution is -2.04. The number of thiazole rings is 1. The summed E-state index contributed by atoms with van der Waals surface area (Å²) in [5.74, 6) is 0.682. The highest BCUT2D eigenvalue weighted by atomic mass is 79.9. The monoisotopic (exact) mass is 352 g/mol. The van der Waals surface area contributed by atoms with Gasteiger partial charge in [0.15, 0.2) is 4.96 Å². The molecule has 0 aliphatic carbocycles. The van der Waals surface area contributed by atoms with Crippen molar-refractivity contribution < 1.29 is 9.84 Å². The second-order valence-corrected chi connectivity index (χ2v) is 6.22. The standard InChI is InChI=1S/C14H13BrN2O2S/c1-19-13-3-2-9(15)6-11(13)12(18)7-10-8-17-4-5-20-14(17)16-10/h2-6,8,12,18H,7H2,1H3. The van der Waals surface area contributed by atoms with E-state index in [1.165, 1.54) is 0 Å². The largest absolute Gasteiger partial charge is 0.496 e. The first-order valence-corrected chi connectivity index (χ1v) is 7.77. The number of imidazole rings is 1. The van der Waals surface area contributed by atoms with Gasteiger partial charge in [0.2, 0.25) is 0 Å². The molecule has 0 fully saturated rings. The zero-order chi connectivity index (χ0) is 14.1. The number of nitrogens with zero attached hydrogens (tertiary/aromatic N) is 2. The lowest BCUT2D eigenvalue weighted by molar-refractivity contribution is 0.173. The molecule has 1 unspecified atom stereocenters. The van der Waals surface area contributed by atoms with E-state index in [2.05, 4.69) is 20.9 Å². The molecule has 1 atom stereocenters. The number of benzene rings is 1. The van der Waals surface area contributed by atoms with Gasteiger partial charge in [-0.15, -0.1) is 11.3 Å². The Morgan fingerprint density at radius 2 is 2.35 bits per heavy atom. The van der Waals surface area contributed by atoms with Crippen molar-refractivity contribution in [3.63, 3.8) is 0 Å². The molecular weight excluding hydrogens is 340 g/mol. The van der Waals surface area contributed by atoms with Gasteiger partial charge in [-0.25, -0.2) is 4.98 Å². The van der Waals surface area contributed by atoms with Gasteiger partial charge in [0, 0.05) is 34.2 Å². The van der Waals surface area contributed by atoms with Gasteiger partial charge in [0.25, 0.3) is 0 Å². The quantitative estimate of drug-likeness (QED) is 0.782. The van der Waals surface area contributed by atoms with Crippen LogP contribution in [-0.4, -0.2) is 21.6 Å². The fourth-order valence-electron chi connectivity index (χ4n) is 2.15. The summed E-state index contributed by atoms with van der Waals surface area (Å²) in [6, 6.07) is 5.61. The van der Waals surface area contributed by atoms with Crippen molar-refractivity contribution >= 4 is 32.2 Å². The molecule has 0 saturated carbocycles. The zero-order valence-electron chi connectivity index (χ0n) is 10.8. The minimum atomic E-state index is -0.646. The Morgan fingerprint density at radius 1 is 1.50 bits per heavy atom. The molecule has 0 aliphatic rings. The Labute approximate surface area is 128 Å². The van der Waals surface area contributed by atoms with Gasteiger partial charge < -0.3 is 9.84 Å². The molecule has 1 N–H and O–H groups in total. The van der Waals surface area contributed by atoms with Crippen LogP contribution in [0.25, 0.3) is 4.96 Å². The minimum absolute atomic E-state index is 0.460. The van der Waals surface area contributed by atoms with Crippen LogP contribution < -0.4 is 4.74 Å². The molecule has 2 aromatic heterocycles. The molecule has 4 nitrogen and oxygen atoms in total. The molecule has 0 bridgehead atoms. The van der Waals surface area contributed by atoms with Crippen molar-refractivity contribution in [2.45, 2.75) is 12.5 Å². The number of aliphatic hydroxyl groups excluding tert-OH is 1. The van der Waals surface area contributed by atoms with Gasteiger partial charge in [-0.05, 0) is 18.2 Å². The van der Waals surface area contributed by atoms with E-state index in [4.69, 9.17) is 4.74 Å². The lowest BCUT2D eigenvalue weighted by atomic mass is 10.0. The average molecular weight is 353 g/mol. The Balaban J connectivity index is 1.87. The predicted molar refractivity (Wildman–Crippen MR) is 82.4 cm³/mol. The molecular formula is C14H13BrN2O2S. The Bertz CT molecular complexity index is 709. The molecule has 3 aromatic rings. The maximum absolute atomic E-state index is 10.4. The Kier molecular flexibility index (Phi) is 3.78. The second-order valence-electron chi connectivity index (χ2n) is 4.43. The van der Waals surface area contributed by atoms with Crippen molar-refractivity contribution in [1.82, 2.24) is 9.38 Å². The summed E-state index contributed by atoms with van der Waals surface area (Å²) in [6.07, 6.45) is 3.72. The first-order chi connectivity index (χ1) is 9.67. The Hall–Kier alpha value is -1.37. The van der Waals surface area contributed by atoms with Gasteiger partial charge in [0.05, 0.1) is 18.9 Å². The first kappa shape index (κ1) is 13.6. The SMILES string of the molecule is COc1ccc(Br)cc1C(O)Cc1cn2ccsc2n1. The maximum atomic E-state index is 10.4. The van der Waals surface area contributed by atoms with Gasteiger partial charge >= 0.3 is 0 Å². The molecule has 0 aliphatic heterocycles. The van der Waals surface area contributed by atoms with E-state index >= 15 is 0 Å². The Morgan fingerprint density at radius 3 is 3.10 bits per heavy atom. The van der Waals surface area contributed by atoms with Crippen molar-refractivity contribution in [2.75, 3.05) is 7.11 Å². The summed E-state index contributed by atoms with van der Waals surface area (Å²) >= 11 is 5.00. The zero-order valence-corrected chi connectivity index (χ0v) is 13.2. The number of hydrogen-bond acceptors (Lipinski definition) is 4. The average Bonchev–Trinajstić information content (AvgIpc) is 2.99. The summed E-state index contributed by atoms with van der Waals surface area (Å²) in [4.78, 5) is 5.42. The van der Waals surface area contributed by atoms with Crippen LogP contribution in [0.5, 0.6) is 5.75 Å². The number of rotatable bonds is 4. The van der Waals surface area contributed by atoms with Crippen LogP contribution in [0.15, 0.2) is 40.4 Å². The molecule has 104 valence electrons. The van der Waals surface area contributed by atoms with Crippen LogP contribution in [0, 0.1) is 0 Å². The van der Waals surface area contributed by atoms with Gasteiger partial charge in [-0.1, -0.05) is 15.9 Å². The number of aliphatic hydroxyl groups is 1. The number of halogens is 1. The number of hydrogen-bond donors (Lipinski definition) is 1. The van der Waals surface area contributed by atoms with E-state index in [0.717, 1.165) is 20.7 Å². The fourth-order valence-corrected chi connectivity index (χ4v) is 3.25. The van der Waals surface area contributed by atoms with E-state index in [0.29, 0.717) is 12.2 Å². The van der Waals surface area contributed by atoms with Crippen LogP contribution in [0.4, 0.5) is 0 Å². The first-order valence-electron chi connectivity index (χ1n) is 6.10. The van der Waals surface area contributed by atoms with E-state index in [1.54, 1.807) is 18.4 Å². The molecule has 0 spiro atoms. The highest BCUT2D eigenvalue weighted by Crippen LogP contribution is 2.30. The van der Waals surface area contributed by atoms with Gasteiger partial charge in [0.1, 0.15) is 5.75 Å². The third-order valence-electron chi connectivity index (χ3n) is 3.10. The molecule has 0 radical (unpaired) electrons. The van der Waals surface area contributed by atoms with E-state index in [1.807, 2.05) is 40.4 Å². The normalized spacial score (nSPS) is 12.8. The summed E-state index contributed by atoms with van der Waals surface area (Å²) in [6.45, 7) is 0. The maximum Gasteiger partial charge on any atom is 0.193 e. The molecule has 20 heavy (non-hydrogen) atoms. The molecule has 3 rings (SSSR count). The fraction of sp³-hybridized carbons (Fsp3) is 0.214. The highest BCUT2D eigenvalue weighted by Gasteiger charge is 2.16. The number of aromatic nitrogens is 2. The van der Waals surface area contributed by atoms with E-state index in [9.17, 15) is 5.11 Å². The van der Waals surface area contributed by atoms with E-state index in [-0.39, 0.29) is 0 Å². The summed E-state index contributed by atoms with van der Waals surface area (Å²) in [5.41, 5.74) is 1.63. The van der Waals surface area contributed by atoms with Crippen molar-refractivity contribution in [3.8, 4) is 5.75 Å². The van der Waals surface area contributed by atoms with Crippen molar-refractivity contribution in [1.29, 1.82) is 0 Å². The molecule has 0 amide bonds. The van der Waals surface area contributed by atoms with Gasteiger partial charge in [-0.3, -0.25) is 4.40 Å². The van der Waals surface area contributed by atoms with Crippen LogP contribution in [0.3, 0.4) is 0 Å². The second kappa shape index (κ2) is 5.55. The number of methoxy groups -OCH3 is 1. The van der Waals surface area contributed by atoms with E-state index < -0.39 is 6.10 Å². The summed E-state index contributed by atoms with van der Waals surface area (Å²) < 4.78 is 8.18. The van der Waals surface area contributed by atoms with Crippen molar-refractivity contribution in [2.24, 2.45) is 0 Å². The highest BCUT2D eigenvalue weighted by molar-refractivity contribution is 9.10. The number of ether oxygens (including phenoxy) is 1. The van der Waals surface area contributed by atoms with Crippen LogP contribution in [0.2, 0.25) is 0 Å². The third kappa shape index (κ3) is 2.59. The predicted octanol–water partition coefficient (Wildman–Crippen LogP) is 3.44. The van der Waals surface area contributed by atoms with Crippen LogP contribution in [-0.2, 0) is 6.42 Å². The molecule has 0 saturated heterocycles. The molecule has 2 heterocycles. The van der Waals surface area contributed by atoms with Crippen molar-refractivity contribution in [3.05, 3.63) is 51.7 Å². The molecule has 6 heteroatoms. The summed E-state index contributed by atoms with van der Waals surface area (Å²) in [7, 11) is 1.60. The topological polar surface area (TPSA) is 46.8 Å². The van der Waals surface area contributed by atoms with Crippen LogP contribution >= 0.6 is 27.3 Å². The minimum Gasteiger partial charge on any atom is -0.496 e. The lowest BCUT2D eigenvalue weighted by Gasteiger charge is -2.14.